The molecule has 2 aliphatic rings. The van der Waals surface area contributed by atoms with Crippen LogP contribution in [0.3, 0.4) is 0 Å². The maximum Gasteiger partial charge on any atom is 0.222 e. The second kappa shape index (κ2) is 7.05. The highest BCUT2D eigenvalue weighted by Crippen LogP contribution is 2.39. The van der Waals surface area contributed by atoms with Gasteiger partial charge in [0.25, 0.3) is 0 Å². The number of hydrogen-bond donors (Lipinski definition) is 1. The third-order valence-corrected chi connectivity index (χ3v) is 5.88. The molecule has 7 nitrogen and oxygen atoms in total. The number of carbonyl (C=O) groups excluding carboxylic acids is 1. The van der Waals surface area contributed by atoms with Gasteiger partial charge in [0.05, 0.1) is 11.9 Å². The Morgan fingerprint density at radius 3 is 2.92 bits per heavy atom. The Bertz CT molecular complexity index is 756. The molecule has 4 rings (SSSR count). The first-order valence-electron chi connectivity index (χ1n) is 9.34. The number of likely N-dealkylation sites (tertiary alicyclic amines) is 1. The van der Waals surface area contributed by atoms with Crippen LogP contribution in [0.2, 0.25) is 0 Å². The molecule has 1 saturated heterocycles. The van der Waals surface area contributed by atoms with E-state index in [-0.39, 0.29) is 5.91 Å². The van der Waals surface area contributed by atoms with Crippen molar-refractivity contribution < 1.29 is 9.32 Å². The Morgan fingerprint density at radius 2 is 2.19 bits per heavy atom. The predicted octanol–water partition coefficient (Wildman–Crippen LogP) is 2.36. The van der Waals surface area contributed by atoms with E-state index in [0.717, 1.165) is 48.8 Å². The average molecular weight is 355 g/mol. The number of anilines is 1. The van der Waals surface area contributed by atoms with Crippen LogP contribution in [-0.2, 0) is 11.2 Å². The molecule has 7 heteroatoms. The molecule has 1 N–H and O–H groups in total. The van der Waals surface area contributed by atoms with Crippen molar-refractivity contribution in [3.05, 3.63) is 35.6 Å². The van der Waals surface area contributed by atoms with Crippen molar-refractivity contribution in [3.63, 3.8) is 0 Å². The minimum atomic E-state index is 0.234. The first-order valence-corrected chi connectivity index (χ1v) is 9.34. The summed E-state index contributed by atoms with van der Waals surface area (Å²) in [5.41, 5.74) is 1.96. The van der Waals surface area contributed by atoms with Gasteiger partial charge in [-0.25, -0.2) is 4.98 Å². The molecule has 0 bridgehead atoms. The van der Waals surface area contributed by atoms with Crippen LogP contribution in [0.15, 0.2) is 23.1 Å². The maximum atomic E-state index is 12.7. The number of aryl methyl sites for hydroxylation is 2. The van der Waals surface area contributed by atoms with Crippen molar-refractivity contribution in [1.29, 1.82) is 0 Å². The number of carbonyl (C=O) groups is 1. The van der Waals surface area contributed by atoms with Crippen molar-refractivity contribution in [1.82, 2.24) is 20.0 Å². The SMILES string of the molecule is Cc1noc(C)c1CCC(=O)N1C[C@H]2CC[C@@H](Nc3cnccn3)[C@H]2C1. The summed E-state index contributed by atoms with van der Waals surface area (Å²) in [6.07, 6.45) is 8.65. The Kier molecular flexibility index (Phi) is 4.61. The number of hydrogen-bond acceptors (Lipinski definition) is 6. The van der Waals surface area contributed by atoms with Crippen molar-refractivity contribution >= 4 is 11.7 Å². The third kappa shape index (κ3) is 3.30. The highest BCUT2D eigenvalue weighted by molar-refractivity contribution is 5.77. The second-order valence-electron chi connectivity index (χ2n) is 7.44. The van der Waals surface area contributed by atoms with Gasteiger partial charge in [0, 0.05) is 49.4 Å². The minimum absolute atomic E-state index is 0.234. The Hall–Kier alpha value is -2.44. The van der Waals surface area contributed by atoms with Gasteiger partial charge in [-0.05, 0) is 39.0 Å². The number of fused-ring (bicyclic) bond motifs is 1. The molecule has 1 saturated carbocycles. The van der Waals surface area contributed by atoms with Crippen molar-refractivity contribution in [2.45, 2.75) is 45.6 Å². The van der Waals surface area contributed by atoms with Crippen molar-refractivity contribution in [3.8, 4) is 0 Å². The van der Waals surface area contributed by atoms with E-state index in [9.17, 15) is 4.79 Å². The maximum absolute atomic E-state index is 12.7. The number of rotatable bonds is 5. The Labute approximate surface area is 153 Å². The molecule has 138 valence electrons. The molecule has 3 atom stereocenters. The first kappa shape index (κ1) is 17.0. The fraction of sp³-hybridized carbons (Fsp3) is 0.579. The van der Waals surface area contributed by atoms with E-state index in [1.165, 1.54) is 0 Å². The van der Waals surface area contributed by atoms with E-state index in [1.54, 1.807) is 18.6 Å². The molecule has 0 unspecified atom stereocenters. The van der Waals surface area contributed by atoms with E-state index in [1.807, 2.05) is 18.7 Å². The van der Waals surface area contributed by atoms with E-state index >= 15 is 0 Å². The van der Waals surface area contributed by atoms with Gasteiger partial charge in [0.1, 0.15) is 11.6 Å². The van der Waals surface area contributed by atoms with Crippen LogP contribution in [0.25, 0.3) is 0 Å². The molecule has 2 aromatic rings. The zero-order valence-electron chi connectivity index (χ0n) is 15.3. The molecule has 1 aliphatic heterocycles. The second-order valence-corrected chi connectivity index (χ2v) is 7.44. The summed E-state index contributed by atoms with van der Waals surface area (Å²) in [6, 6.07) is 0.372. The van der Waals surface area contributed by atoms with Crippen LogP contribution in [0.5, 0.6) is 0 Å². The quantitative estimate of drug-likeness (QED) is 0.886. The molecule has 0 aromatic carbocycles. The number of nitrogens with zero attached hydrogens (tertiary/aromatic N) is 4. The van der Waals surface area contributed by atoms with Gasteiger partial charge < -0.3 is 14.7 Å². The molecule has 0 spiro atoms. The highest BCUT2D eigenvalue weighted by atomic mass is 16.5. The summed E-state index contributed by atoms with van der Waals surface area (Å²) < 4.78 is 5.19. The largest absolute Gasteiger partial charge is 0.366 e. The smallest absolute Gasteiger partial charge is 0.222 e. The molecule has 0 radical (unpaired) electrons. The zero-order valence-corrected chi connectivity index (χ0v) is 15.3. The summed E-state index contributed by atoms with van der Waals surface area (Å²) in [5, 5.41) is 7.48. The van der Waals surface area contributed by atoms with E-state index < -0.39 is 0 Å². The molecule has 26 heavy (non-hydrogen) atoms. The standard InChI is InChI=1S/C19H25N5O2/c1-12-15(13(2)26-23-12)4-6-19(25)24-10-14-3-5-17(16(14)11-24)22-18-9-20-7-8-21-18/h7-9,14,16-17H,3-6,10-11H2,1-2H3,(H,21,22)/t14-,16+,17-/m1/s1. The number of nitrogens with one attached hydrogen (secondary N) is 1. The summed E-state index contributed by atoms with van der Waals surface area (Å²) in [6.45, 7) is 5.55. The first-order chi connectivity index (χ1) is 12.6. The van der Waals surface area contributed by atoms with Crippen LogP contribution in [0, 0.1) is 25.7 Å². The molecular formula is C19H25N5O2. The minimum Gasteiger partial charge on any atom is -0.366 e. The molecule has 1 amide bonds. The van der Waals surface area contributed by atoms with Crippen molar-refractivity contribution in [2.75, 3.05) is 18.4 Å². The lowest BCUT2D eigenvalue weighted by molar-refractivity contribution is -0.130. The average Bonchev–Trinajstić information content (AvgIpc) is 3.31. The Balaban J connectivity index is 1.33. The lowest BCUT2D eigenvalue weighted by atomic mass is 9.98. The van der Waals surface area contributed by atoms with Crippen LogP contribution in [0.1, 0.15) is 36.3 Å². The van der Waals surface area contributed by atoms with Gasteiger partial charge in [-0.1, -0.05) is 5.16 Å². The fourth-order valence-corrected chi connectivity index (χ4v) is 4.46. The van der Waals surface area contributed by atoms with E-state index in [0.29, 0.717) is 30.7 Å². The van der Waals surface area contributed by atoms with E-state index in [4.69, 9.17) is 4.52 Å². The highest BCUT2D eigenvalue weighted by Gasteiger charge is 2.43. The number of aromatic nitrogens is 3. The lowest BCUT2D eigenvalue weighted by Gasteiger charge is -2.22. The van der Waals surface area contributed by atoms with Crippen molar-refractivity contribution in [2.24, 2.45) is 11.8 Å². The van der Waals surface area contributed by atoms with Crippen LogP contribution < -0.4 is 5.32 Å². The Morgan fingerprint density at radius 1 is 1.31 bits per heavy atom. The third-order valence-electron chi connectivity index (χ3n) is 5.88. The normalized spacial score (nSPS) is 24.7. The fourth-order valence-electron chi connectivity index (χ4n) is 4.46. The molecular weight excluding hydrogens is 330 g/mol. The topological polar surface area (TPSA) is 84.2 Å². The summed E-state index contributed by atoms with van der Waals surface area (Å²) >= 11 is 0. The molecule has 2 fully saturated rings. The monoisotopic (exact) mass is 355 g/mol. The lowest BCUT2D eigenvalue weighted by Crippen LogP contribution is -2.33. The van der Waals surface area contributed by atoms with Gasteiger partial charge >= 0.3 is 0 Å². The molecule has 3 heterocycles. The van der Waals surface area contributed by atoms with Crippen LogP contribution in [0.4, 0.5) is 5.82 Å². The molecule has 2 aromatic heterocycles. The van der Waals surface area contributed by atoms with E-state index in [2.05, 4.69) is 20.4 Å². The van der Waals surface area contributed by atoms with Gasteiger partial charge in [0.15, 0.2) is 0 Å². The molecule has 1 aliphatic carbocycles. The van der Waals surface area contributed by atoms with Crippen LogP contribution in [-0.4, -0.2) is 45.1 Å². The van der Waals surface area contributed by atoms with Gasteiger partial charge in [-0.15, -0.1) is 0 Å². The van der Waals surface area contributed by atoms with Gasteiger partial charge in [-0.3, -0.25) is 9.78 Å². The number of amides is 1. The predicted molar refractivity (Wildman–Crippen MR) is 96.5 cm³/mol. The summed E-state index contributed by atoms with van der Waals surface area (Å²) in [7, 11) is 0. The van der Waals surface area contributed by atoms with Crippen LogP contribution >= 0.6 is 0 Å². The zero-order chi connectivity index (χ0) is 18.1. The summed E-state index contributed by atoms with van der Waals surface area (Å²) in [4.78, 5) is 23.2. The van der Waals surface area contributed by atoms with Gasteiger partial charge in [-0.2, -0.15) is 0 Å². The van der Waals surface area contributed by atoms with Gasteiger partial charge in [0.2, 0.25) is 5.91 Å². The summed E-state index contributed by atoms with van der Waals surface area (Å²) in [5.74, 6) is 2.97.